The predicted molar refractivity (Wildman–Crippen MR) is 103 cm³/mol. The molecule has 0 unspecified atom stereocenters. The van der Waals surface area contributed by atoms with Crippen LogP contribution in [-0.2, 0) is 9.59 Å². The Labute approximate surface area is 151 Å². The second-order valence-corrected chi connectivity index (χ2v) is 6.69. The quantitative estimate of drug-likeness (QED) is 0.768. The second-order valence-electron chi connectivity index (χ2n) is 6.69. The SMILES string of the molecule is CCCCN(CCC)C(=O)C(=O)Nc1ccc(N2CCCCC2)cc1. The van der Waals surface area contributed by atoms with Crippen LogP contribution in [0.2, 0.25) is 0 Å². The van der Waals surface area contributed by atoms with Gasteiger partial charge in [-0.05, 0) is 56.4 Å². The molecule has 1 aromatic rings. The molecule has 5 heteroatoms. The van der Waals surface area contributed by atoms with Crippen molar-refractivity contribution >= 4 is 23.2 Å². The van der Waals surface area contributed by atoms with E-state index in [9.17, 15) is 9.59 Å². The summed E-state index contributed by atoms with van der Waals surface area (Å²) in [7, 11) is 0. The minimum Gasteiger partial charge on any atom is -0.372 e. The molecular formula is C20H31N3O2. The summed E-state index contributed by atoms with van der Waals surface area (Å²) in [5.41, 5.74) is 1.85. The van der Waals surface area contributed by atoms with E-state index in [1.165, 1.54) is 24.9 Å². The minimum absolute atomic E-state index is 0.435. The first kappa shape index (κ1) is 19.3. The van der Waals surface area contributed by atoms with Crippen LogP contribution in [-0.4, -0.2) is 42.9 Å². The van der Waals surface area contributed by atoms with E-state index in [2.05, 4.69) is 17.1 Å². The molecule has 0 spiro atoms. The van der Waals surface area contributed by atoms with Crippen molar-refractivity contribution in [1.82, 2.24) is 4.90 Å². The lowest BCUT2D eigenvalue weighted by Crippen LogP contribution is -2.40. The van der Waals surface area contributed by atoms with Gasteiger partial charge < -0.3 is 15.1 Å². The number of nitrogens with zero attached hydrogens (tertiary/aromatic N) is 2. The lowest BCUT2D eigenvalue weighted by molar-refractivity contribution is -0.143. The molecule has 138 valence electrons. The Morgan fingerprint density at radius 3 is 2.28 bits per heavy atom. The number of anilines is 2. The third kappa shape index (κ3) is 5.76. The average Bonchev–Trinajstić information content (AvgIpc) is 2.66. The molecule has 2 rings (SSSR count). The zero-order valence-corrected chi connectivity index (χ0v) is 15.6. The topological polar surface area (TPSA) is 52.7 Å². The van der Waals surface area contributed by atoms with E-state index < -0.39 is 11.8 Å². The first-order valence-electron chi connectivity index (χ1n) is 9.61. The Kier molecular flexibility index (Phi) is 7.76. The van der Waals surface area contributed by atoms with Gasteiger partial charge in [0, 0.05) is 37.6 Å². The van der Waals surface area contributed by atoms with Crippen molar-refractivity contribution in [2.24, 2.45) is 0 Å². The molecule has 0 radical (unpaired) electrons. The van der Waals surface area contributed by atoms with E-state index in [0.717, 1.165) is 32.4 Å². The molecule has 0 aromatic heterocycles. The van der Waals surface area contributed by atoms with Crippen LogP contribution in [0.15, 0.2) is 24.3 Å². The number of piperidine rings is 1. The van der Waals surface area contributed by atoms with Gasteiger partial charge in [-0.3, -0.25) is 9.59 Å². The molecule has 1 aliphatic rings. The van der Waals surface area contributed by atoms with Crippen molar-refractivity contribution in [3.8, 4) is 0 Å². The molecule has 1 saturated heterocycles. The fourth-order valence-electron chi connectivity index (χ4n) is 3.17. The van der Waals surface area contributed by atoms with E-state index in [-0.39, 0.29) is 0 Å². The van der Waals surface area contributed by atoms with Gasteiger partial charge >= 0.3 is 11.8 Å². The van der Waals surface area contributed by atoms with Gasteiger partial charge in [0.05, 0.1) is 0 Å². The fraction of sp³-hybridized carbons (Fsp3) is 0.600. The van der Waals surface area contributed by atoms with E-state index in [0.29, 0.717) is 18.8 Å². The second kappa shape index (κ2) is 10.1. The summed E-state index contributed by atoms with van der Waals surface area (Å²) in [5, 5.41) is 2.74. The van der Waals surface area contributed by atoms with Crippen molar-refractivity contribution in [1.29, 1.82) is 0 Å². The molecule has 2 amide bonds. The lowest BCUT2D eigenvalue weighted by atomic mass is 10.1. The third-order valence-corrected chi connectivity index (χ3v) is 4.60. The lowest BCUT2D eigenvalue weighted by Gasteiger charge is -2.28. The van der Waals surface area contributed by atoms with Gasteiger partial charge in [0.1, 0.15) is 0 Å². The highest BCUT2D eigenvalue weighted by atomic mass is 16.2. The predicted octanol–water partition coefficient (Wildman–Crippen LogP) is 3.65. The molecule has 1 N–H and O–H groups in total. The molecule has 25 heavy (non-hydrogen) atoms. The molecule has 1 aromatic carbocycles. The van der Waals surface area contributed by atoms with Crippen LogP contribution in [0, 0.1) is 0 Å². The van der Waals surface area contributed by atoms with Gasteiger partial charge in [0.2, 0.25) is 0 Å². The van der Waals surface area contributed by atoms with Crippen LogP contribution in [0.3, 0.4) is 0 Å². The first-order valence-corrected chi connectivity index (χ1v) is 9.61. The van der Waals surface area contributed by atoms with Crippen molar-refractivity contribution in [2.45, 2.75) is 52.4 Å². The molecule has 0 aliphatic carbocycles. The summed E-state index contributed by atoms with van der Waals surface area (Å²) in [5.74, 6) is -0.981. The summed E-state index contributed by atoms with van der Waals surface area (Å²) in [6.45, 7) is 7.55. The number of hydrogen-bond acceptors (Lipinski definition) is 3. The Bertz CT molecular complexity index is 551. The van der Waals surface area contributed by atoms with Gasteiger partial charge in [-0.15, -0.1) is 0 Å². The zero-order chi connectivity index (χ0) is 18.1. The first-order chi connectivity index (χ1) is 12.2. The van der Waals surface area contributed by atoms with E-state index in [1.807, 2.05) is 31.2 Å². The van der Waals surface area contributed by atoms with Crippen LogP contribution in [0.1, 0.15) is 52.4 Å². The Hall–Kier alpha value is -2.04. The highest BCUT2D eigenvalue weighted by molar-refractivity contribution is 6.39. The van der Waals surface area contributed by atoms with Gasteiger partial charge in [0.25, 0.3) is 0 Å². The molecule has 1 aliphatic heterocycles. The number of benzene rings is 1. The van der Waals surface area contributed by atoms with Crippen LogP contribution in [0.25, 0.3) is 0 Å². The summed E-state index contributed by atoms with van der Waals surface area (Å²) in [4.78, 5) is 28.7. The van der Waals surface area contributed by atoms with Crippen molar-refractivity contribution in [3.05, 3.63) is 24.3 Å². The smallest absolute Gasteiger partial charge is 0.313 e. The van der Waals surface area contributed by atoms with E-state index in [4.69, 9.17) is 0 Å². The van der Waals surface area contributed by atoms with E-state index >= 15 is 0 Å². The van der Waals surface area contributed by atoms with Crippen LogP contribution < -0.4 is 10.2 Å². The zero-order valence-electron chi connectivity index (χ0n) is 15.6. The molecule has 1 heterocycles. The maximum atomic E-state index is 12.4. The number of carbonyl (C=O) groups excluding carboxylic acids is 2. The fourth-order valence-corrected chi connectivity index (χ4v) is 3.17. The Morgan fingerprint density at radius 2 is 1.68 bits per heavy atom. The number of hydrogen-bond donors (Lipinski definition) is 1. The Balaban J connectivity index is 1.93. The monoisotopic (exact) mass is 345 g/mol. The van der Waals surface area contributed by atoms with Crippen LogP contribution in [0.4, 0.5) is 11.4 Å². The number of nitrogens with one attached hydrogen (secondary N) is 1. The number of rotatable bonds is 7. The summed E-state index contributed by atoms with van der Waals surface area (Å²) >= 11 is 0. The van der Waals surface area contributed by atoms with Crippen LogP contribution in [0.5, 0.6) is 0 Å². The van der Waals surface area contributed by atoms with Crippen LogP contribution >= 0.6 is 0 Å². The molecule has 0 saturated carbocycles. The van der Waals surface area contributed by atoms with Gasteiger partial charge in [-0.25, -0.2) is 0 Å². The maximum Gasteiger partial charge on any atom is 0.313 e. The molecule has 1 fully saturated rings. The highest BCUT2D eigenvalue weighted by Crippen LogP contribution is 2.21. The molecular weight excluding hydrogens is 314 g/mol. The van der Waals surface area contributed by atoms with Crippen molar-refractivity contribution < 1.29 is 9.59 Å². The van der Waals surface area contributed by atoms with Crippen molar-refractivity contribution in [3.63, 3.8) is 0 Å². The average molecular weight is 345 g/mol. The highest BCUT2D eigenvalue weighted by Gasteiger charge is 2.21. The van der Waals surface area contributed by atoms with Gasteiger partial charge in [-0.1, -0.05) is 20.3 Å². The maximum absolute atomic E-state index is 12.4. The number of amides is 2. The summed E-state index contributed by atoms with van der Waals surface area (Å²) in [6.07, 6.45) is 6.55. The third-order valence-electron chi connectivity index (χ3n) is 4.60. The summed E-state index contributed by atoms with van der Waals surface area (Å²) < 4.78 is 0. The molecule has 0 atom stereocenters. The number of unbranched alkanes of at least 4 members (excludes halogenated alkanes) is 1. The summed E-state index contributed by atoms with van der Waals surface area (Å²) in [6, 6.07) is 7.80. The largest absolute Gasteiger partial charge is 0.372 e. The van der Waals surface area contributed by atoms with Gasteiger partial charge in [0.15, 0.2) is 0 Å². The van der Waals surface area contributed by atoms with Crippen molar-refractivity contribution in [2.75, 3.05) is 36.4 Å². The van der Waals surface area contributed by atoms with E-state index in [1.54, 1.807) is 4.90 Å². The number of carbonyl (C=O) groups is 2. The normalized spacial score (nSPS) is 14.2. The Morgan fingerprint density at radius 1 is 1.00 bits per heavy atom. The van der Waals surface area contributed by atoms with Gasteiger partial charge in [-0.2, -0.15) is 0 Å². The molecule has 0 bridgehead atoms. The minimum atomic E-state index is -0.546. The molecule has 5 nitrogen and oxygen atoms in total. The standard InChI is InChI=1S/C20H31N3O2/c1-3-5-14-23(13-4-2)20(25)19(24)21-17-9-11-18(12-10-17)22-15-7-6-8-16-22/h9-12H,3-8,13-16H2,1-2H3,(H,21,24).